The van der Waals surface area contributed by atoms with Crippen molar-refractivity contribution < 1.29 is 34.7 Å². The first-order chi connectivity index (χ1) is 18.3. The number of nitrogens with one attached hydrogen (secondary N) is 2. The predicted molar refractivity (Wildman–Crippen MR) is 142 cm³/mol. The van der Waals surface area contributed by atoms with Gasteiger partial charge in [-0.1, -0.05) is 5.92 Å². The zero-order valence-corrected chi connectivity index (χ0v) is 22.8. The number of nitrogens with zero attached hydrogens (tertiary/aromatic N) is 2. The van der Waals surface area contributed by atoms with Crippen molar-refractivity contribution in [3.8, 4) is 17.6 Å². The Bertz CT molecular complexity index is 1640. The van der Waals surface area contributed by atoms with Crippen molar-refractivity contribution in [2.75, 3.05) is 42.0 Å². The van der Waals surface area contributed by atoms with E-state index in [1.165, 1.54) is 35.9 Å². The van der Waals surface area contributed by atoms with E-state index in [1.807, 2.05) is 0 Å². The molecule has 0 bridgehead atoms. The van der Waals surface area contributed by atoms with Gasteiger partial charge in [0.2, 0.25) is 0 Å². The number of aromatic nitrogens is 2. The molecule has 0 spiro atoms. The van der Waals surface area contributed by atoms with Gasteiger partial charge in [0.15, 0.2) is 15.5 Å². The summed E-state index contributed by atoms with van der Waals surface area (Å²) in [7, 11) is -5.11. The largest absolute Gasteiger partial charge is 0.495 e. The Morgan fingerprint density at radius 1 is 1.18 bits per heavy atom. The number of alkyl halides is 3. The SMILES string of the molecule is COc1cc(S(C)(=O)=O)ccc1NCC#Cc1nc2c(NC3CCS(=O)(=O)CC3)cccn2c1CC(F)(F)F. The zero-order chi connectivity index (χ0) is 28.4. The first-order valence-corrected chi connectivity index (χ1v) is 15.6. The molecule has 1 saturated heterocycles. The minimum absolute atomic E-state index is 0.0234. The first kappa shape index (κ1) is 28.6. The summed E-state index contributed by atoms with van der Waals surface area (Å²) in [5, 5.41) is 6.21. The maximum Gasteiger partial charge on any atom is 0.394 e. The number of hydrogen-bond donors (Lipinski definition) is 2. The van der Waals surface area contributed by atoms with E-state index in [-0.39, 0.29) is 51.8 Å². The third-order valence-electron chi connectivity index (χ3n) is 6.21. The molecule has 0 aliphatic carbocycles. The van der Waals surface area contributed by atoms with Crippen LogP contribution in [-0.2, 0) is 26.1 Å². The standard InChI is InChI=1S/C25H27F3N4O5S2/c1-37-23-15-18(38(2,33)34)7-8-20(23)29-11-3-5-19-22(16-25(26,27)28)32-12-4-6-21(24(32)31-19)30-17-9-13-39(35,36)14-10-17/h4,6-8,12,15,17,29-30H,9-11,13-14,16H2,1-2H3. The maximum atomic E-state index is 13.5. The van der Waals surface area contributed by atoms with Crippen LogP contribution in [0.25, 0.3) is 5.65 Å². The Morgan fingerprint density at radius 2 is 1.90 bits per heavy atom. The Labute approximate surface area is 224 Å². The van der Waals surface area contributed by atoms with Gasteiger partial charge in [-0.05, 0) is 43.0 Å². The number of halogens is 3. The van der Waals surface area contributed by atoms with Gasteiger partial charge in [0.05, 0.1) is 53.5 Å². The second-order valence-corrected chi connectivity index (χ2v) is 13.5. The van der Waals surface area contributed by atoms with Gasteiger partial charge in [-0.15, -0.1) is 0 Å². The van der Waals surface area contributed by atoms with Crippen molar-refractivity contribution in [1.29, 1.82) is 0 Å². The Morgan fingerprint density at radius 3 is 2.54 bits per heavy atom. The van der Waals surface area contributed by atoms with Crippen LogP contribution in [0.2, 0.25) is 0 Å². The molecule has 1 fully saturated rings. The van der Waals surface area contributed by atoms with Crippen molar-refractivity contribution in [2.24, 2.45) is 0 Å². The number of hydrogen-bond acceptors (Lipinski definition) is 8. The number of imidazole rings is 1. The fourth-order valence-electron chi connectivity index (χ4n) is 4.26. The quantitative estimate of drug-likeness (QED) is 0.406. The topological polar surface area (TPSA) is 119 Å². The number of methoxy groups -OCH3 is 1. The smallest absolute Gasteiger partial charge is 0.394 e. The maximum absolute atomic E-state index is 13.5. The highest BCUT2D eigenvalue weighted by Crippen LogP contribution is 2.29. The van der Waals surface area contributed by atoms with Crippen LogP contribution in [0.5, 0.6) is 5.75 Å². The lowest BCUT2D eigenvalue weighted by atomic mass is 10.1. The van der Waals surface area contributed by atoms with E-state index in [0.717, 1.165) is 6.26 Å². The normalized spacial score (nSPS) is 15.9. The van der Waals surface area contributed by atoms with E-state index in [0.29, 0.717) is 24.2 Å². The molecule has 210 valence electrons. The van der Waals surface area contributed by atoms with Gasteiger partial charge in [0.25, 0.3) is 0 Å². The molecule has 39 heavy (non-hydrogen) atoms. The van der Waals surface area contributed by atoms with Crippen LogP contribution in [0, 0.1) is 11.8 Å². The van der Waals surface area contributed by atoms with Crippen LogP contribution in [0.3, 0.4) is 0 Å². The summed E-state index contributed by atoms with van der Waals surface area (Å²) in [5.41, 5.74) is 1.07. The van der Waals surface area contributed by atoms with Crippen molar-refractivity contribution in [2.45, 2.75) is 36.4 Å². The van der Waals surface area contributed by atoms with Crippen LogP contribution >= 0.6 is 0 Å². The van der Waals surface area contributed by atoms with Gasteiger partial charge >= 0.3 is 6.18 Å². The average Bonchev–Trinajstić information content (AvgIpc) is 3.19. The van der Waals surface area contributed by atoms with Gasteiger partial charge < -0.3 is 19.8 Å². The summed E-state index contributed by atoms with van der Waals surface area (Å²) in [6.07, 6.45) is -2.39. The molecule has 1 aliphatic rings. The van der Waals surface area contributed by atoms with E-state index in [1.54, 1.807) is 12.1 Å². The molecule has 0 atom stereocenters. The van der Waals surface area contributed by atoms with Crippen molar-refractivity contribution in [3.05, 3.63) is 47.9 Å². The van der Waals surface area contributed by atoms with Crippen molar-refractivity contribution >= 4 is 36.7 Å². The molecule has 4 rings (SSSR count). The van der Waals surface area contributed by atoms with E-state index in [4.69, 9.17) is 4.74 Å². The first-order valence-electron chi connectivity index (χ1n) is 11.9. The third-order valence-corrected chi connectivity index (χ3v) is 9.03. The minimum atomic E-state index is -4.50. The number of pyridine rings is 1. The van der Waals surface area contributed by atoms with Gasteiger partial charge in [0.1, 0.15) is 21.3 Å². The Balaban J connectivity index is 1.60. The summed E-state index contributed by atoms with van der Waals surface area (Å²) in [6.45, 7) is 0.0234. The number of rotatable bonds is 7. The fourth-order valence-corrected chi connectivity index (χ4v) is 6.39. The van der Waals surface area contributed by atoms with Crippen LogP contribution in [0.1, 0.15) is 24.2 Å². The highest BCUT2D eigenvalue weighted by atomic mass is 32.2. The van der Waals surface area contributed by atoms with Crippen LogP contribution < -0.4 is 15.4 Å². The molecule has 14 heteroatoms. The van der Waals surface area contributed by atoms with Crippen LogP contribution in [0.4, 0.5) is 24.5 Å². The molecule has 1 aliphatic heterocycles. The van der Waals surface area contributed by atoms with Gasteiger partial charge in [-0.3, -0.25) is 0 Å². The average molecular weight is 585 g/mol. The van der Waals surface area contributed by atoms with Crippen molar-refractivity contribution in [3.63, 3.8) is 0 Å². The molecule has 0 unspecified atom stereocenters. The number of ether oxygens (including phenoxy) is 1. The molecular weight excluding hydrogens is 557 g/mol. The predicted octanol–water partition coefficient (Wildman–Crippen LogP) is 3.30. The lowest BCUT2D eigenvalue weighted by Gasteiger charge is -2.24. The van der Waals surface area contributed by atoms with Crippen LogP contribution in [-0.4, -0.2) is 69.9 Å². The zero-order valence-electron chi connectivity index (χ0n) is 21.2. The summed E-state index contributed by atoms with van der Waals surface area (Å²) < 4.78 is 94.0. The monoisotopic (exact) mass is 584 g/mol. The molecule has 0 radical (unpaired) electrons. The second kappa shape index (κ2) is 11.0. The highest BCUT2D eigenvalue weighted by molar-refractivity contribution is 7.91. The molecule has 2 N–H and O–H groups in total. The van der Waals surface area contributed by atoms with E-state index < -0.39 is 32.3 Å². The molecule has 0 amide bonds. The number of benzene rings is 1. The molecule has 9 nitrogen and oxygen atoms in total. The Kier molecular flexibility index (Phi) is 8.04. The molecule has 3 aromatic rings. The summed E-state index contributed by atoms with van der Waals surface area (Å²) in [4.78, 5) is 4.48. The molecule has 1 aromatic carbocycles. The summed E-state index contributed by atoms with van der Waals surface area (Å²) in [5.74, 6) is 5.87. The van der Waals surface area contributed by atoms with Crippen LogP contribution in [0.15, 0.2) is 41.4 Å². The van der Waals surface area contributed by atoms with E-state index in [9.17, 15) is 30.0 Å². The third kappa shape index (κ3) is 7.15. The Hall–Kier alpha value is -3.44. The van der Waals surface area contributed by atoms with E-state index >= 15 is 0 Å². The highest BCUT2D eigenvalue weighted by Gasteiger charge is 2.32. The lowest BCUT2D eigenvalue weighted by Crippen LogP contribution is -2.32. The molecule has 3 heterocycles. The minimum Gasteiger partial charge on any atom is -0.495 e. The van der Waals surface area contributed by atoms with E-state index in [2.05, 4.69) is 27.5 Å². The number of fused-ring (bicyclic) bond motifs is 1. The van der Waals surface area contributed by atoms with Gasteiger partial charge in [0, 0.05) is 24.6 Å². The molecule has 0 saturated carbocycles. The fraction of sp³-hybridized carbons (Fsp3) is 0.400. The molecular formula is C25H27F3N4O5S2. The number of sulfone groups is 2. The van der Waals surface area contributed by atoms with Crippen molar-refractivity contribution in [1.82, 2.24) is 9.38 Å². The molecule has 2 aromatic heterocycles. The second-order valence-electron chi connectivity index (χ2n) is 9.17. The summed E-state index contributed by atoms with van der Waals surface area (Å²) >= 11 is 0. The van der Waals surface area contributed by atoms with Gasteiger partial charge in [-0.25, -0.2) is 21.8 Å². The summed E-state index contributed by atoms with van der Waals surface area (Å²) in [6, 6.07) is 7.43. The lowest BCUT2D eigenvalue weighted by molar-refractivity contribution is -0.128. The van der Waals surface area contributed by atoms with Gasteiger partial charge in [-0.2, -0.15) is 13.2 Å². The number of anilines is 2.